The van der Waals surface area contributed by atoms with E-state index in [0.717, 1.165) is 36.9 Å². The number of hydrogen-bond donors (Lipinski definition) is 1. The summed E-state index contributed by atoms with van der Waals surface area (Å²) >= 11 is 1.52. The molecule has 35 heavy (non-hydrogen) atoms. The average molecular weight is 488 g/mol. The summed E-state index contributed by atoms with van der Waals surface area (Å²) in [4.78, 5) is 39.4. The Morgan fingerprint density at radius 3 is 2.49 bits per heavy atom. The third kappa shape index (κ3) is 5.07. The van der Waals surface area contributed by atoms with E-state index in [9.17, 15) is 9.59 Å². The Morgan fingerprint density at radius 1 is 0.971 bits per heavy atom. The standard InChI is InChI=1S/C25H25N7O2S/c1-18(32-24(33)10-9-20(29-32)21-8-5-15-35-21)25(34)28-22-16-23(27-17-26-22)31-13-11-30(12-14-31)19-6-3-2-4-7-19/h2-10,15-18H,11-14H2,1H3,(H,26,27,28,34). The van der Waals surface area contributed by atoms with Gasteiger partial charge >= 0.3 is 0 Å². The molecule has 4 aromatic rings. The van der Waals surface area contributed by atoms with Gasteiger partial charge in [0, 0.05) is 44.0 Å². The molecule has 1 saturated heterocycles. The molecule has 0 bridgehead atoms. The first-order chi connectivity index (χ1) is 17.1. The summed E-state index contributed by atoms with van der Waals surface area (Å²) < 4.78 is 1.20. The molecule has 0 radical (unpaired) electrons. The topological polar surface area (TPSA) is 96.2 Å². The Kier molecular flexibility index (Phi) is 6.53. The fourth-order valence-electron chi connectivity index (χ4n) is 4.02. The lowest BCUT2D eigenvalue weighted by Gasteiger charge is -2.36. The molecule has 1 aliphatic rings. The molecule has 3 aromatic heterocycles. The number of thiophene rings is 1. The average Bonchev–Trinajstić information content (AvgIpc) is 3.44. The van der Waals surface area contributed by atoms with Crippen molar-refractivity contribution < 1.29 is 4.79 Å². The molecule has 178 valence electrons. The van der Waals surface area contributed by atoms with Crippen molar-refractivity contribution in [2.45, 2.75) is 13.0 Å². The minimum atomic E-state index is -0.810. The number of hydrogen-bond acceptors (Lipinski definition) is 8. The van der Waals surface area contributed by atoms with Gasteiger partial charge in [-0.3, -0.25) is 9.59 Å². The van der Waals surface area contributed by atoms with Crippen LogP contribution in [-0.2, 0) is 4.79 Å². The predicted octanol–water partition coefficient (Wildman–Crippen LogP) is 3.29. The van der Waals surface area contributed by atoms with E-state index in [-0.39, 0.29) is 11.5 Å². The Hall–Kier alpha value is -4.05. The molecule has 4 heterocycles. The highest BCUT2D eigenvalue weighted by Gasteiger charge is 2.21. The third-order valence-electron chi connectivity index (χ3n) is 5.97. The lowest BCUT2D eigenvalue weighted by molar-refractivity contribution is -0.119. The number of piperazine rings is 1. The number of carbonyl (C=O) groups is 1. The summed E-state index contributed by atoms with van der Waals surface area (Å²) in [5.74, 6) is 0.770. The second-order valence-electron chi connectivity index (χ2n) is 8.21. The highest BCUT2D eigenvalue weighted by Crippen LogP contribution is 2.23. The van der Waals surface area contributed by atoms with E-state index in [0.29, 0.717) is 11.5 Å². The van der Waals surface area contributed by atoms with Gasteiger partial charge in [-0.05, 0) is 36.6 Å². The molecule has 0 aliphatic carbocycles. The zero-order valence-electron chi connectivity index (χ0n) is 19.2. The zero-order chi connectivity index (χ0) is 24.2. The van der Waals surface area contributed by atoms with E-state index in [2.05, 4.69) is 42.3 Å². The van der Waals surface area contributed by atoms with Crippen molar-refractivity contribution in [1.29, 1.82) is 0 Å². The molecule has 1 unspecified atom stereocenters. The maximum absolute atomic E-state index is 13.0. The van der Waals surface area contributed by atoms with Gasteiger partial charge in [-0.15, -0.1) is 11.3 Å². The van der Waals surface area contributed by atoms with Crippen LogP contribution in [0.3, 0.4) is 0 Å². The Bertz CT molecular complexity index is 1350. The van der Waals surface area contributed by atoms with Crippen molar-refractivity contribution in [2.24, 2.45) is 0 Å². The van der Waals surface area contributed by atoms with Gasteiger partial charge in [-0.25, -0.2) is 14.6 Å². The maximum atomic E-state index is 13.0. The first kappa shape index (κ1) is 22.7. The minimum absolute atomic E-state index is 0.340. The summed E-state index contributed by atoms with van der Waals surface area (Å²) in [5.41, 5.74) is 1.52. The normalized spacial score (nSPS) is 14.5. The molecule has 0 saturated carbocycles. The molecule has 1 fully saturated rings. The molecule has 9 nitrogen and oxygen atoms in total. The first-order valence-electron chi connectivity index (χ1n) is 11.4. The Balaban J connectivity index is 1.26. The van der Waals surface area contributed by atoms with Crippen molar-refractivity contribution in [3.63, 3.8) is 0 Å². The second-order valence-corrected chi connectivity index (χ2v) is 9.16. The Labute approximate surface area is 206 Å². The molecular weight excluding hydrogens is 462 g/mol. The fourth-order valence-corrected chi connectivity index (χ4v) is 4.71. The number of carbonyl (C=O) groups excluding carboxylic acids is 1. The highest BCUT2D eigenvalue weighted by molar-refractivity contribution is 7.13. The lowest BCUT2D eigenvalue weighted by atomic mass is 10.2. The molecule has 1 N–H and O–H groups in total. The number of benzene rings is 1. The maximum Gasteiger partial charge on any atom is 0.267 e. The van der Waals surface area contributed by atoms with Crippen LogP contribution in [0.4, 0.5) is 17.3 Å². The van der Waals surface area contributed by atoms with Gasteiger partial charge in [-0.1, -0.05) is 24.3 Å². The molecule has 5 rings (SSSR count). The van der Waals surface area contributed by atoms with E-state index >= 15 is 0 Å². The van der Waals surface area contributed by atoms with Crippen molar-refractivity contribution in [3.8, 4) is 10.6 Å². The largest absolute Gasteiger partial charge is 0.368 e. The van der Waals surface area contributed by atoms with Crippen LogP contribution in [-0.4, -0.2) is 51.8 Å². The van der Waals surface area contributed by atoms with Gasteiger partial charge in [0.15, 0.2) is 0 Å². The summed E-state index contributed by atoms with van der Waals surface area (Å²) in [6.45, 7) is 5.02. The highest BCUT2D eigenvalue weighted by atomic mass is 32.1. The van der Waals surface area contributed by atoms with Crippen LogP contribution in [0.15, 0.2) is 77.2 Å². The number of rotatable bonds is 6. The zero-order valence-corrected chi connectivity index (χ0v) is 20.1. The van der Waals surface area contributed by atoms with Crippen molar-refractivity contribution in [3.05, 3.63) is 82.7 Å². The molecule has 0 spiro atoms. The minimum Gasteiger partial charge on any atom is -0.368 e. The van der Waals surface area contributed by atoms with Crippen LogP contribution in [0.5, 0.6) is 0 Å². The first-order valence-corrected chi connectivity index (χ1v) is 12.3. The third-order valence-corrected chi connectivity index (χ3v) is 6.87. The van der Waals surface area contributed by atoms with E-state index in [1.807, 2.05) is 35.7 Å². The van der Waals surface area contributed by atoms with E-state index in [1.165, 1.54) is 34.1 Å². The van der Waals surface area contributed by atoms with Crippen molar-refractivity contribution >= 4 is 34.6 Å². The number of nitrogens with zero attached hydrogens (tertiary/aromatic N) is 6. The molecular formula is C25H25N7O2S. The van der Waals surface area contributed by atoms with Gasteiger partial charge in [0.25, 0.3) is 5.56 Å². The van der Waals surface area contributed by atoms with Crippen LogP contribution in [0.1, 0.15) is 13.0 Å². The van der Waals surface area contributed by atoms with E-state index in [4.69, 9.17) is 0 Å². The number of nitrogens with one attached hydrogen (secondary N) is 1. The van der Waals surface area contributed by atoms with Crippen LogP contribution < -0.4 is 20.7 Å². The van der Waals surface area contributed by atoms with Crippen molar-refractivity contribution in [1.82, 2.24) is 19.7 Å². The molecule has 1 aromatic carbocycles. The number of aromatic nitrogens is 4. The van der Waals surface area contributed by atoms with E-state index < -0.39 is 6.04 Å². The van der Waals surface area contributed by atoms with Gasteiger partial charge in [0.2, 0.25) is 5.91 Å². The van der Waals surface area contributed by atoms with Crippen molar-refractivity contribution in [2.75, 3.05) is 41.3 Å². The number of amides is 1. The van der Waals surface area contributed by atoms with Gasteiger partial charge in [0.1, 0.15) is 29.7 Å². The van der Waals surface area contributed by atoms with Gasteiger partial charge in [-0.2, -0.15) is 5.10 Å². The number of para-hydroxylation sites is 1. The smallest absolute Gasteiger partial charge is 0.267 e. The SMILES string of the molecule is CC(C(=O)Nc1cc(N2CCN(c3ccccc3)CC2)ncn1)n1nc(-c2cccs2)ccc1=O. The summed E-state index contributed by atoms with van der Waals surface area (Å²) in [7, 11) is 0. The summed E-state index contributed by atoms with van der Waals surface area (Å²) in [6.07, 6.45) is 1.45. The summed E-state index contributed by atoms with van der Waals surface area (Å²) in [6, 6.07) is 18.2. The Morgan fingerprint density at radius 2 is 1.74 bits per heavy atom. The van der Waals surface area contributed by atoms with Crippen LogP contribution in [0.25, 0.3) is 10.6 Å². The predicted molar refractivity (Wildman–Crippen MR) is 138 cm³/mol. The van der Waals surface area contributed by atoms with Crippen LogP contribution in [0.2, 0.25) is 0 Å². The molecule has 1 amide bonds. The fraction of sp³-hybridized carbons (Fsp3) is 0.240. The summed E-state index contributed by atoms with van der Waals surface area (Å²) in [5, 5.41) is 9.16. The number of anilines is 3. The van der Waals surface area contributed by atoms with Crippen LogP contribution >= 0.6 is 11.3 Å². The quantitative estimate of drug-likeness (QED) is 0.446. The van der Waals surface area contributed by atoms with Gasteiger partial charge in [0.05, 0.1) is 4.88 Å². The van der Waals surface area contributed by atoms with Crippen LogP contribution in [0, 0.1) is 0 Å². The second kappa shape index (κ2) is 10.1. The monoisotopic (exact) mass is 487 g/mol. The van der Waals surface area contributed by atoms with E-state index in [1.54, 1.807) is 19.1 Å². The van der Waals surface area contributed by atoms with Gasteiger partial charge < -0.3 is 15.1 Å². The molecule has 1 atom stereocenters. The molecule has 10 heteroatoms. The lowest BCUT2D eigenvalue weighted by Crippen LogP contribution is -2.46. The molecule has 1 aliphatic heterocycles.